The summed E-state index contributed by atoms with van der Waals surface area (Å²) in [5, 5.41) is -0.0443. The van der Waals surface area contributed by atoms with E-state index >= 15 is 0 Å². The first-order valence-electron chi connectivity index (χ1n) is 9.29. The molecule has 6 nitrogen and oxygen atoms in total. The molecule has 0 N–H and O–H groups in total. The van der Waals surface area contributed by atoms with E-state index in [0.717, 1.165) is 31.7 Å². The van der Waals surface area contributed by atoms with Crippen molar-refractivity contribution in [1.82, 2.24) is 9.88 Å². The number of carbonyl (C=O) groups is 1. The Labute approximate surface area is 166 Å². The van der Waals surface area contributed by atoms with E-state index in [1.807, 2.05) is 0 Å². The van der Waals surface area contributed by atoms with Crippen molar-refractivity contribution in [2.45, 2.75) is 31.5 Å². The van der Waals surface area contributed by atoms with Crippen LogP contribution in [0, 0.1) is 0 Å². The van der Waals surface area contributed by atoms with E-state index in [-0.39, 0.29) is 17.0 Å². The van der Waals surface area contributed by atoms with Crippen molar-refractivity contribution < 1.29 is 27.4 Å². The normalized spacial score (nSPS) is 20.6. The highest BCUT2D eigenvalue weighted by Gasteiger charge is 2.32. The Bertz CT molecular complexity index is 676. The molecular weight excluding hydrogens is 399 g/mol. The molecule has 2 saturated heterocycles. The van der Waals surface area contributed by atoms with Gasteiger partial charge in [-0.05, 0) is 18.9 Å². The highest BCUT2D eigenvalue weighted by Crippen LogP contribution is 2.33. The lowest BCUT2D eigenvalue weighted by molar-refractivity contribution is -0.138. The number of ether oxygens (including phenoxy) is 2. The van der Waals surface area contributed by atoms with Gasteiger partial charge in [0.25, 0.3) is 0 Å². The van der Waals surface area contributed by atoms with Gasteiger partial charge in [0, 0.05) is 39.0 Å². The average molecular weight is 422 g/mol. The minimum absolute atomic E-state index is 0.00142. The predicted octanol–water partition coefficient (Wildman–Crippen LogP) is 2.99. The average Bonchev–Trinajstić information content (AvgIpc) is 3.18. The Morgan fingerprint density at radius 1 is 1.32 bits per heavy atom. The van der Waals surface area contributed by atoms with Crippen LogP contribution in [0.1, 0.15) is 24.8 Å². The molecule has 0 saturated carbocycles. The van der Waals surface area contributed by atoms with Gasteiger partial charge in [-0.2, -0.15) is 13.2 Å². The molecule has 0 aromatic carbocycles. The molecule has 0 spiro atoms. The molecule has 1 aromatic heterocycles. The van der Waals surface area contributed by atoms with Gasteiger partial charge in [0.2, 0.25) is 5.91 Å². The Balaban J connectivity index is 1.43. The fourth-order valence-corrected chi connectivity index (χ4v) is 3.58. The highest BCUT2D eigenvalue weighted by molar-refractivity contribution is 6.33. The fourth-order valence-electron chi connectivity index (χ4n) is 3.29. The van der Waals surface area contributed by atoms with E-state index < -0.39 is 11.7 Å². The van der Waals surface area contributed by atoms with Crippen LogP contribution >= 0.6 is 11.6 Å². The van der Waals surface area contributed by atoms with Crippen molar-refractivity contribution in [3.63, 3.8) is 0 Å². The number of hydrogen-bond acceptors (Lipinski definition) is 5. The van der Waals surface area contributed by atoms with Crippen LogP contribution in [-0.2, 0) is 20.4 Å². The zero-order valence-electron chi connectivity index (χ0n) is 15.4. The van der Waals surface area contributed by atoms with Crippen LogP contribution in [0.2, 0.25) is 5.02 Å². The zero-order valence-corrected chi connectivity index (χ0v) is 16.1. The largest absolute Gasteiger partial charge is 0.417 e. The van der Waals surface area contributed by atoms with E-state index in [1.54, 1.807) is 9.80 Å². The first-order chi connectivity index (χ1) is 13.3. The number of amides is 1. The molecule has 0 bridgehead atoms. The molecule has 156 valence electrons. The van der Waals surface area contributed by atoms with Gasteiger partial charge in [-0.15, -0.1) is 0 Å². The van der Waals surface area contributed by atoms with Crippen LogP contribution in [0.15, 0.2) is 12.3 Å². The van der Waals surface area contributed by atoms with Gasteiger partial charge < -0.3 is 19.3 Å². The molecule has 3 rings (SSSR count). The minimum Gasteiger partial charge on any atom is -0.378 e. The molecule has 3 heterocycles. The summed E-state index contributed by atoms with van der Waals surface area (Å²) in [4.78, 5) is 19.7. The van der Waals surface area contributed by atoms with Gasteiger partial charge in [0.15, 0.2) is 0 Å². The molecule has 1 amide bonds. The third kappa shape index (κ3) is 5.48. The number of alkyl halides is 3. The zero-order chi connectivity index (χ0) is 20.1. The lowest BCUT2D eigenvalue weighted by atomic mass is 10.2. The SMILES string of the molecule is O=C(CCOCC1CCCO1)N1CCN(c2ncc(C(F)(F)F)cc2Cl)CC1. The quantitative estimate of drug-likeness (QED) is 0.661. The van der Waals surface area contributed by atoms with Crippen molar-refractivity contribution >= 4 is 23.3 Å². The van der Waals surface area contributed by atoms with Gasteiger partial charge in [0.05, 0.1) is 36.3 Å². The number of rotatable bonds is 6. The number of halogens is 4. The minimum atomic E-state index is -4.48. The second-order valence-corrected chi connectivity index (χ2v) is 7.26. The molecule has 0 aliphatic carbocycles. The molecule has 28 heavy (non-hydrogen) atoms. The number of pyridine rings is 1. The van der Waals surface area contributed by atoms with Gasteiger partial charge >= 0.3 is 6.18 Å². The van der Waals surface area contributed by atoms with Crippen molar-refractivity contribution in [1.29, 1.82) is 0 Å². The van der Waals surface area contributed by atoms with E-state index in [0.29, 0.717) is 51.6 Å². The monoisotopic (exact) mass is 421 g/mol. The number of piperazine rings is 1. The number of carbonyl (C=O) groups excluding carboxylic acids is 1. The van der Waals surface area contributed by atoms with Gasteiger partial charge in [-0.25, -0.2) is 4.98 Å². The summed E-state index contributed by atoms with van der Waals surface area (Å²) in [6.07, 6.45) is -1.21. The van der Waals surface area contributed by atoms with Gasteiger partial charge in [-0.3, -0.25) is 4.79 Å². The van der Waals surface area contributed by atoms with E-state index in [9.17, 15) is 18.0 Å². The van der Waals surface area contributed by atoms with Crippen LogP contribution < -0.4 is 4.90 Å². The molecule has 1 atom stereocenters. The van der Waals surface area contributed by atoms with Crippen molar-refractivity contribution in [2.24, 2.45) is 0 Å². The Morgan fingerprint density at radius 2 is 2.07 bits per heavy atom. The molecule has 2 fully saturated rings. The summed E-state index contributed by atoms with van der Waals surface area (Å²) in [5.41, 5.74) is -0.877. The van der Waals surface area contributed by atoms with Gasteiger partial charge in [0.1, 0.15) is 5.82 Å². The third-order valence-electron chi connectivity index (χ3n) is 4.87. The smallest absolute Gasteiger partial charge is 0.378 e. The maximum Gasteiger partial charge on any atom is 0.417 e. The number of nitrogens with zero attached hydrogens (tertiary/aromatic N) is 3. The number of aromatic nitrogens is 1. The summed E-state index contributed by atoms with van der Waals surface area (Å²) in [6.45, 7) is 3.48. The molecule has 1 unspecified atom stereocenters. The van der Waals surface area contributed by atoms with Crippen LogP contribution in [0.25, 0.3) is 0 Å². The number of anilines is 1. The standard InChI is InChI=1S/C18H23ClF3N3O3/c19-15-10-13(18(20,21)22)11-23-17(15)25-6-4-24(5-7-25)16(26)3-9-27-12-14-2-1-8-28-14/h10-11,14H,1-9,12H2. The summed E-state index contributed by atoms with van der Waals surface area (Å²) in [5.74, 6) is 0.306. The van der Waals surface area contributed by atoms with Crippen LogP contribution in [-0.4, -0.2) is 67.9 Å². The topological polar surface area (TPSA) is 54.9 Å². The summed E-state index contributed by atoms with van der Waals surface area (Å²) >= 11 is 5.99. The third-order valence-corrected chi connectivity index (χ3v) is 5.15. The lowest BCUT2D eigenvalue weighted by Gasteiger charge is -2.35. The molecule has 2 aliphatic rings. The van der Waals surface area contributed by atoms with E-state index in [4.69, 9.17) is 21.1 Å². The molecule has 0 radical (unpaired) electrons. The molecule has 2 aliphatic heterocycles. The first-order valence-corrected chi connectivity index (χ1v) is 9.67. The summed E-state index contributed by atoms with van der Waals surface area (Å²) < 4.78 is 49.2. The predicted molar refractivity (Wildman–Crippen MR) is 97.5 cm³/mol. The van der Waals surface area contributed by atoms with Gasteiger partial charge in [-0.1, -0.05) is 11.6 Å². The maximum absolute atomic E-state index is 12.7. The molecule has 10 heteroatoms. The number of hydrogen-bond donors (Lipinski definition) is 0. The van der Waals surface area contributed by atoms with Crippen molar-refractivity contribution in [3.8, 4) is 0 Å². The Morgan fingerprint density at radius 3 is 2.68 bits per heavy atom. The maximum atomic E-state index is 12.7. The first kappa shape index (κ1) is 21.1. The highest BCUT2D eigenvalue weighted by atomic mass is 35.5. The summed E-state index contributed by atoms with van der Waals surface area (Å²) in [7, 11) is 0. The van der Waals surface area contributed by atoms with Crippen LogP contribution in [0.4, 0.5) is 19.0 Å². The molecular formula is C18H23ClF3N3O3. The van der Waals surface area contributed by atoms with Crippen molar-refractivity contribution in [3.05, 3.63) is 22.8 Å². The Kier molecular flexibility index (Phi) is 7.00. The van der Waals surface area contributed by atoms with E-state index in [2.05, 4.69) is 4.98 Å². The van der Waals surface area contributed by atoms with Crippen LogP contribution in [0.5, 0.6) is 0 Å². The van der Waals surface area contributed by atoms with Crippen LogP contribution in [0.3, 0.4) is 0 Å². The second kappa shape index (κ2) is 9.28. The van der Waals surface area contributed by atoms with Crippen molar-refractivity contribution in [2.75, 3.05) is 50.9 Å². The van der Waals surface area contributed by atoms with E-state index in [1.165, 1.54) is 0 Å². The fraction of sp³-hybridized carbons (Fsp3) is 0.667. The second-order valence-electron chi connectivity index (χ2n) is 6.85. The Hall–Kier alpha value is -1.58. The molecule has 1 aromatic rings. The summed E-state index contributed by atoms with van der Waals surface area (Å²) in [6, 6.07) is 0.882. The lowest BCUT2D eigenvalue weighted by Crippen LogP contribution is -2.49.